The summed E-state index contributed by atoms with van der Waals surface area (Å²) in [5, 5.41) is 23.9. The van der Waals surface area contributed by atoms with E-state index in [-0.39, 0.29) is 18.1 Å². The van der Waals surface area contributed by atoms with E-state index in [1.165, 1.54) is 6.07 Å². The predicted molar refractivity (Wildman–Crippen MR) is 169 cm³/mol. The highest BCUT2D eigenvalue weighted by Gasteiger charge is 2.22. The molecular formula is C34H31F2N7O3. The molecule has 0 saturated carbocycles. The van der Waals surface area contributed by atoms with Gasteiger partial charge in [-0.25, -0.2) is 8.78 Å². The van der Waals surface area contributed by atoms with Crippen molar-refractivity contribution in [1.82, 2.24) is 31.3 Å². The minimum Gasteiger partial charge on any atom is -0.488 e. The first-order chi connectivity index (χ1) is 22.5. The lowest BCUT2D eigenvalue weighted by molar-refractivity contribution is 0.102. The van der Waals surface area contributed by atoms with Gasteiger partial charge < -0.3 is 25.4 Å². The number of nitrogens with one attached hydrogen (secondary N) is 4. The predicted octanol–water partition coefficient (Wildman–Crippen LogP) is 5.21. The molecule has 2 aliphatic heterocycles. The van der Waals surface area contributed by atoms with Gasteiger partial charge >= 0.3 is 0 Å². The summed E-state index contributed by atoms with van der Waals surface area (Å²) in [4.78, 5) is 13.6. The van der Waals surface area contributed by atoms with Crippen LogP contribution < -0.4 is 25.4 Å². The van der Waals surface area contributed by atoms with Crippen molar-refractivity contribution < 1.29 is 23.0 Å². The van der Waals surface area contributed by atoms with Crippen molar-refractivity contribution in [2.24, 2.45) is 0 Å². The van der Waals surface area contributed by atoms with Gasteiger partial charge in [0.05, 0.1) is 0 Å². The Balaban J connectivity index is 1.20. The van der Waals surface area contributed by atoms with Gasteiger partial charge in [0.25, 0.3) is 5.91 Å². The molecule has 46 heavy (non-hydrogen) atoms. The Morgan fingerprint density at radius 1 is 0.761 bits per heavy atom. The first kappa shape index (κ1) is 29.5. The fourth-order valence-corrected chi connectivity index (χ4v) is 5.73. The van der Waals surface area contributed by atoms with Crippen LogP contribution in [0.25, 0.3) is 33.6 Å². The maximum Gasteiger partial charge on any atom is 0.255 e. The first-order valence-corrected chi connectivity index (χ1v) is 15.1. The van der Waals surface area contributed by atoms with Crippen molar-refractivity contribution in [3.63, 3.8) is 0 Å². The van der Waals surface area contributed by atoms with Crippen LogP contribution in [0.2, 0.25) is 0 Å². The van der Waals surface area contributed by atoms with Gasteiger partial charge in [-0.05, 0) is 96.9 Å². The van der Waals surface area contributed by atoms with Crippen molar-refractivity contribution in [3.8, 4) is 45.1 Å². The summed E-state index contributed by atoms with van der Waals surface area (Å²) < 4.78 is 40.6. The summed E-state index contributed by atoms with van der Waals surface area (Å²) in [6, 6.07) is 21.9. The fourth-order valence-electron chi connectivity index (χ4n) is 5.73. The number of ether oxygens (including phenoxy) is 2. The Morgan fingerprint density at radius 2 is 1.46 bits per heavy atom. The molecule has 10 nitrogen and oxygen atoms in total. The summed E-state index contributed by atoms with van der Waals surface area (Å²) in [6.45, 7) is 3.14. The number of carbonyl (C=O) groups is 1. The van der Waals surface area contributed by atoms with E-state index >= 15 is 0 Å². The van der Waals surface area contributed by atoms with Gasteiger partial charge in [0.15, 0.2) is 11.6 Å². The van der Waals surface area contributed by atoms with E-state index in [9.17, 15) is 13.6 Å². The molecule has 7 rings (SSSR count). The number of H-pyrrole nitrogens is 1. The lowest BCUT2D eigenvalue weighted by atomic mass is 10.00. The van der Waals surface area contributed by atoms with Gasteiger partial charge in [0.1, 0.15) is 23.7 Å². The standard InChI is InChI=1S/C34H31F2N7O3/c35-29-7-4-21(16-30(29)36)27-15-23(5-8-31(27)45-25-10-12-37-18-25)34(44)39-24-6-9-32(46-26-11-13-38-19-26)28(17-24)20-2-1-3-22(14-20)33-40-42-43-41-33/h1-9,14-17,25-26,37-38H,10-13,18-19H2,(H,39,44)(H,40,41,42,43)/t25-,26+/m0/s1. The van der Waals surface area contributed by atoms with Crippen molar-refractivity contribution in [2.75, 3.05) is 31.5 Å². The Hall–Kier alpha value is -5.20. The molecule has 2 atom stereocenters. The van der Waals surface area contributed by atoms with Gasteiger partial charge in [-0.15, -0.1) is 10.2 Å². The number of rotatable bonds is 9. The van der Waals surface area contributed by atoms with Crippen LogP contribution in [-0.4, -0.2) is 64.9 Å². The summed E-state index contributed by atoms with van der Waals surface area (Å²) in [5.74, 6) is -0.674. The number of halogens is 2. The minimum atomic E-state index is -0.979. The molecule has 1 aromatic heterocycles. The molecule has 0 aliphatic carbocycles. The van der Waals surface area contributed by atoms with E-state index in [4.69, 9.17) is 9.47 Å². The second kappa shape index (κ2) is 13.0. The van der Waals surface area contributed by atoms with E-state index < -0.39 is 11.6 Å². The van der Waals surface area contributed by atoms with Crippen LogP contribution in [0, 0.1) is 11.6 Å². The van der Waals surface area contributed by atoms with E-state index in [2.05, 4.69) is 36.6 Å². The van der Waals surface area contributed by atoms with Gasteiger partial charge in [0.2, 0.25) is 5.82 Å². The molecule has 1 amide bonds. The van der Waals surface area contributed by atoms with Gasteiger partial charge in [-0.2, -0.15) is 5.21 Å². The molecule has 5 aromatic rings. The third-order valence-corrected chi connectivity index (χ3v) is 8.10. The highest BCUT2D eigenvalue weighted by Crippen LogP contribution is 2.37. The second-order valence-electron chi connectivity index (χ2n) is 11.3. The molecule has 0 bridgehead atoms. The molecule has 234 valence electrons. The SMILES string of the molecule is O=C(Nc1ccc(O[C@@H]2CCNC2)c(-c2cccc(-c3nn[nH]n3)c2)c1)c1ccc(O[C@H]2CCNC2)c(-c2ccc(F)c(F)c2)c1. The largest absolute Gasteiger partial charge is 0.488 e. The van der Waals surface area contributed by atoms with Crippen LogP contribution in [0.4, 0.5) is 14.5 Å². The average molecular weight is 624 g/mol. The molecule has 2 aliphatic rings. The molecular weight excluding hydrogens is 592 g/mol. The molecule has 0 unspecified atom stereocenters. The Morgan fingerprint density at radius 3 is 2.13 bits per heavy atom. The van der Waals surface area contributed by atoms with Crippen molar-refractivity contribution in [1.29, 1.82) is 0 Å². The Kier molecular flexibility index (Phi) is 8.36. The Bertz CT molecular complexity index is 1860. The first-order valence-electron chi connectivity index (χ1n) is 15.1. The third kappa shape index (κ3) is 6.44. The summed E-state index contributed by atoms with van der Waals surface area (Å²) in [5.41, 5.74) is 4.18. The minimum absolute atomic E-state index is 0.0232. The number of carbonyl (C=O) groups excluding carboxylic acids is 1. The second-order valence-corrected chi connectivity index (χ2v) is 11.3. The molecule has 0 radical (unpaired) electrons. The van der Waals surface area contributed by atoms with Gasteiger partial charge in [-0.1, -0.05) is 24.3 Å². The molecule has 2 fully saturated rings. The molecule has 4 aromatic carbocycles. The molecule has 2 saturated heterocycles. The number of hydrogen-bond acceptors (Lipinski definition) is 8. The number of hydrogen-bond donors (Lipinski definition) is 4. The lowest BCUT2D eigenvalue weighted by Crippen LogP contribution is -2.20. The van der Waals surface area contributed by atoms with Crippen LogP contribution >= 0.6 is 0 Å². The number of benzene rings is 4. The number of amides is 1. The van der Waals surface area contributed by atoms with Crippen LogP contribution in [0.3, 0.4) is 0 Å². The van der Waals surface area contributed by atoms with E-state index in [1.54, 1.807) is 24.3 Å². The topological polar surface area (TPSA) is 126 Å². The van der Waals surface area contributed by atoms with Crippen molar-refractivity contribution in [2.45, 2.75) is 25.0 Å². The highest BCUT2D eigenvalue weighted by atomic mass is 19.2. The maximum absolute atomic E-state index is 14.3. The highest BCUT2D eigenvalue weighted by molar-refractivity contribution is 6.05. The zero-order valence-corrected chi connectivity index (χ0v) is 24.7. The van der Waals surface area contributed by atoms with Crippen LogP contribution in [0.5, 0.6) is 11.5 Å². The summed E-state index contributed by atoms with van der Waals surface area (Å²) in [7, 11) is 0. The van der Waals surface area contributed by atoms with Crippen LogP contribution in [0.15, 0.2) is 78.9 Å². The molecule has 0 spiro atoms. The van der Waals surface area contributed by atoms with Gasteiger partial charge in [-0.3, -0.25) is 4.79 Å². The van der Waals surface area contributed by atoms with Crippen molar-refractivity contribution in [3.05, 3.63) is 96.1 Å². The van der Waals surface area contributed by atoms with Crippen LogP contribution in [-0.2, 0) is 0 Å². The molecule has 3 heterocycles. The number of aromatic amines is 1. The number of anilines is 1. The summed E-state index contributed by atoms with van der Waals surface area (Å²) >= 11 is 0. The zero-order chi connectivity index (χ0) is 31.5. The normalized spacial score (nSPS) is 17.6. The smallest absolute Gasteiger partial charge is 0.255 e. The van der Waals surface area contributed by atoms with Gasteiger partial charge in [0, 0.05) is 41.0 Å². The van der Waals surface area contributed by atoms with Crippen LogP contribution in [0.1, 0.15) is 23.2 Å². The molecule has 4 N–H and O–H groups in total. The Labute approximate surface area is 263 Å². The fraction of sp³-hybridized carbons (Fsp3) is 0.235. The zero-order valence-electron chi connectivity index (χ0n) is 24.7. The van der Waals surface area contributed by atoms with E-state index in [0.29, 0.717) is 46.2 Å². The summed E-state index contributed by atoms with van der Waals surface area (Å²) in [6.07, 6.45) is 1.66. The quantitative estimate of drug-likeness (QED) is 0.176. The number of nitrogens with zero attached hydrogens (tertiary/aromatic N) is 3. The number of aromatic nitrogens is 4. The average Bonchev–Trinajstić information content (AvgIpc) is 3.89. The lowest BCUT2D eigenvalue weighted by Gasteiger charge is -2.19. The third-order valence-electron chi connectivity index (χ3n) is 8.10. The van der Waals surface area contributed by atoms with Crippen molar-refractivity contribution >= 4 is 11.6 Å². The van der Waals surface area contributed by atoms with E-state index in [1.807, 2.05) is 36.4 Å². The van der Waals surface area contributed by atoms with E-state index in [0.717, 1.165) is 61.3 Å². The number of tetrazole rings is 1. The monoisotopic (exact) mass is 623 g/mol. The molecule has 12 heteroatoms. The maximum atomic E-state index is 14.3.